The van der Waals surface area contributed by atoms with Crippen LogP contribution in [-0.4, -0.2) is 42.2 Å². The normalized spacial score (nSPS) is 21.0. The van der Waals surface area contributed by atoms with Gasteiger partial charge in [-0.05, 0) is 30.5 Å². The fourth-order valence-corrected chi connectivity index (χ4v) is 4.03. The second-order valence-electron chi connectivity index (χ2n) is 6.96. The maximum Gasteiger partial charge on any atom is 0.260 e. The summed E-state index contributed by atoms with van der Waals surface area (Å²) >= 11 is 0. The Bertz CT molecular complexity index is 876. The Kier molecular flexibility index (Phi) is 4.41. The highest BCUT2D eigenvalue weighted by Gasteiger charge is 2.36. The summed E-state index contributed by atoms with van der Waals surface area (Å²) < 4.78 is 12.7. The van der Waals surface area contributed by atoms with Crippen molar-refractivity contribution in [3.05, 3.63) is 58.5 Å². The molecular formula is C20H22N2O4. The van der Waals surface area contributed by atoms with Crippen molar-refractivity contribution in [3.8, 4) is 11.5 Å². The molecule has 0 N–H and O–H groups in total. The van der Waals surface area contributed by atoms with E-state index in [4.69, 9.17) is 9.47 Å². The fourth-order valence-electron chi connectivity index (χ4n) is 4.03. The van der Waals surface area contributed by atoms with Crippen LogP contribution in [0.15, 0.2) is 47.3 Å². The minimum Gasteiger partial charge on any atom is -0.497 e. The summed E-state index contributed by atoms with van der Waals surface area (Å²) in [5.41, 5.74) is 1.10. The summed E-state index contributed by atoms with van der Waals surface area (Å²) in [6.45, 7) is 2.01. The van der Waals surface area contributed by atoms with Crippen LogP contribution in [0.1, 0.15) is 18.0 Å². The summed E-state index contributed by atoms with van der Waals surface area (Å²) in [4.78, 5) is 26.6. The number of hydrogen-bond donors (Lipinski definition) is 0. The summed E-state index contributed by atoms with van der Waals surface area (Å²) in [6, 6.07) is 12.7. The lowest BCUT2D eigenvalue weighted by atomic mass is 9.83. The maximum atomic E-state index is 12.6. The van der Waals surface area contributed by atoms with Crippen molar-refractivity contribution in [1.29, 1.82) is 0 Å². The lowest BCUT2D eigenvalue weighted by Gasteiger charge is -2.42. The fraction of sp³-hybridized carbons (Fsp3) is 0.400. The van der Waals surface area contributed by atoms with Gasteiger partial charge in [0.1, 0.15) is 11.5 Å². The van der Waals surface area contributed by atoms with Gasteiger partial charge in [-0.15, -0.1) is 0 Å². The number of carbonyl (C=O) groups is 1. The zero-order chi connectivity index (χ0) is 18.1. The summed E-state index contributed by atoms with van der Waals surface area (Å²) in [6.07, 6.45) is 1.03. The number of hydrogen-bond acceptors (Lipinski definition) is 4. The van der Waals surface area contributed by atoms with E-state index in [9.17, 15) is 9.59 Å². The monoisotopic (exact) mass is 354 g/mol. The summed E-state index contributed by atoms with van der Waals surface area (Å²) in [7, 11) is 1.60. The Morgan fingerprint density at radius 1 is 1.12 bits per heavy atom. The number of aromatic nitrogens is 1. The first-order valence-electron chi connectivity index (χ1n) is 8.88. The van der Waals surface area contributed by atoms with Gasteiger partial charge >= 0.3 is 0 Å². The van der Waals surface area contributed by atoms with Crippen molar-refractivity contribution in [1.82, 2.24) is 9.47 Å². The van der Waals surface area contributed by atoms with Crippen molar-refractivity contribution in [2.75, 3.05) is 26.8 Å². The standard InChI is InChI=1S/C20H22N2O4/c1-25-16-4-2-5-17(9-16)26-13-20(24)21-10-14-8-15(12-21)18-6-3-7-19(23)22(18)11-14/h2-7,9,14-15H,8,10-13H2,1H3. The van der Waals surface area contributed by atoms with Gasteiger partial charge in [-0.1, -0.05) is 12.1 Å². The predicted octanol–water partition coefficient (Wildman–Crippen LogP) is 1.88. The first-order chi connectivity index (χ1) is 12.6. The van der Waals surface area contributed by atoms with Crippen LogP contribution < -0.4 is 15.0 Å². The van der Waals surface area contributed by atoms with Gasteiger partial charge in [0.15, 0.2) is 6.61 Å². The molecular weight excluding hydrogens is 332 g/mol. The van der Waals surface area contributed by atoms with Crippen LogP contribution in [-0.2, 0) is 11.3 Å². The van der Waals surface area contributed by atoms with Crippen LogP contribution >= 0.6 is 0 Å². The second kappa shape index (κ2) is 6.86. The molecule has 3 heterocycles. The van der Waals surface area contributed by atoms with Crippen LogP contribution in [0, 0.1) is 5.92 Å². The van der Waals surface area contributed by atoms with Crippen molar-refractivity contribution < 1.29 is 14.3 Å². The molecule has 136 valence electrons. The number of carbonyl (C=O) groups excluding carboxylic acids is 1. The molecule has 2 aliphatic rings. The second-order valence-corrected chi connectivity index (χ2v) is 6.96. The van der Waals surface area contributed by atoms with E-state index in [0.29, 0.717) is 37.1 Å². The largest absolute Gasteiger partial charge is 0.497 e. The highest BCUT2D eigenvalue weighted by molar-refractivity contribution is 5.78. The van der Waals surface area contributed by atoms with E-state index < -0.39 is 0 Å². The molecule has 26 heavy (non-hydrogen) atoms. The lowest BCUT2D eigenvalue weighted by Crippen LogP contribution is -2.50. The molecule has 1 amide bonds. The van der Waals surface area contributed by atoms with E-state index in [2.05, 4.69) is 0 Å². The van der Waals surface area contributed by atoms with Crippen LogP contribution in [0.5, 0.6) is 11.5 Å². The molecule has 6 heteroatoms. The maximum absolute atomic E-state index is 12.6. The van der Waals surface area contributed by atoms with E-state index >= 15 is 0 Å². The molecule has 2 unspecified atom stereocenters. The smallest absolute Gasteiger partial charge is 0.260 e. The number of fused-ring (bicyclic) bond motifs is 4. The zero-order valence-electron chi connectivity index (χ0n) is 14.8. The van der Waals surface area contributed by atoms with E-state index in [1.807, 2.05) is 33.7 Å². The van der Waals surface area contributed by atoms with Crippen LogP contribution in [0.2, 0.25) is 0 Å². The SMILES string of the molecule is COc1cccc(OCC(=O)N2CC3CC(C2)c2cccc(=O)n2C3)c1. The molecule has 2 aromatic rings. The topological polar surface area (TPSA) is 60.8 Å². The van der Waals surface area contributed by atoms with E-state index in [0.717, 1.165) is 12.1 Å². The Morgan fingerprint density at radius 3 is 2.77 bits per heavy atom. The molecule has 1 saturated heterocycles. The van der Waals surface area contributed by atoms with Gasteiger partial charge in [0.25, 0.3) is 11.5 Å². The number of pyridine rings is 1. The predicted molar refractivity (Wildman–Crippen MR) is 96.6 cm³/mol. The number of methoxy groups -OCH3 is 1. The van der Waals surface area contributed by atoms with Crippen molar-refractivity contribution in [3.63, 3.8) is 0 Å². The molecule has 6 nitrogen and oxygen atoms in total. The number of nitrogens with zero attached hydrogens (tertiary/aromatic N) is 2. The van der Waals surface area contributed by atoms with Crippen molar-refractivity contribution in [2.24, 2.45) is 5.92 Å². The van der Waals surface area contributed by atoms with Crippen LogP contribution in [0.3, 0.4) is 0 Å². The molecule has 0 spiro atoms. The third-order valence-corrected chi connectivity index (χ3v) is 5.24. The quantitative estimate of drug-likeness (QED) is 0.841. The number of ether oxygens (including phenoxy) is 2. The van der Waals surface area contributed by atoms with Gasteiger partial charge in [0.05, 0.1) is 7.11 Å². The molecule has 1 aromatic carbocycles. The van der Waals surface area contributed by atoms with Gasteiger partial charge in [-0.25, -0.2) is 0 Å². The highest BCUT2D eigenvalue weighted by atomic mass is 16.5. The Hall–Kier alpha value is -2.76. The molecule has 1 aromatic heterocycles. The molecule has 0 radical (unpaired) electrons. The number of rotatable bonds is 4. The molecule has 2 aliphatic heterocycles. The van der Waals surface area contributed by atoms with Crippen molar-refractivity contribution in [2.45, 2.75) is 18.9 Å². The molecule has 0 aliphatic carbocycles. The number of amides is 1. The van der Waals surface area contributed by atoms with Gasteiger partial charge in [-0.2, -0.15) is 0 Å². The molecule has 2 bridgehead atoms. The highest BCUT2D eigenvalue weighted by Crippen LogP contribution is 2.34. The molecule has 4 rings (SSSR count). The number of benzene rings is 1. The minimum atomic E-state index is -0.0192. The van der Waals surface area contributed by atoms with Gasteiger partial charge < -0.3 is 18.9 Å². The van der Waals surface area contributed by atoms with Crippen molar-refractivity contribution >= 4 is 5.91 Å². The van der Waals surface area contributed by atoms with E-state index in [1.165, 1.54) is 0 Å². The third kappa shape index (κ3) is 3.19. The van der Waals surface area contributed by atoms with E-state index in [-0.39, 0.29) is 24.0 Å². The average Bonchev–Trinajstić information content (AvgIpc) is 2.67. The number of likely N-dealkylation sites (tertiary alicyclic amines) is 1. The van der Waals surface area contributed by atoms with E-state index in [1.54, 1.807) is 25.3 Å². The minimum absolute atomic E-state index is 0.00814. The number of piperidine rings is 1. The summed E-state index contributed by atoms with van der Waals surface area (Å²) in [5.74, 6) is 1.84. The van der Waals surface area contributed by atoms with Gasteiger partial charge in [-0.3, -0.25) is 9.59 Å². The lowest BCUT2D eigenvalue weighted by molar-refractivity contribution is -0.136. The third-order valence-electron chi connectivity index (χ3n) is 5.24. The zero-order valence-corrected chi connectivity index (χ0v) is 14.8. The first kappa shape index (κ1) is 16.7. The first-order valence-corrected chi connectivity index (χ1v) is 8.88. The molecule has 2 atom stereocenters. The Balaban J connectivity index is 1.43. The molecule has 0 saturated carbocycles. The van der Waals surface area contributed by atoms with Crippen LogP contribution in [0.4, 0.5) is 0 Å². The summed E-state index contributed by atoms with van der Waals surface area (Å²) in [5, 5.41) is 0. The molecule has 1 fully saturated rings. The van der Waals surface area contributed by atoms with Gasteiger partial charge in [0.2, 0.25) is 0 Å². The van der Waals surface area contributed by atoms with Gasteiger partial charge in [0, 0.05) is 43.4 Å². The Labute approximate surface area is 152 Å². The van der Waals surface area contributed by atoms with Crippen LogP contribution in [0.25, 0.3) is 0 Å². The average molecular weight is 354 g/mol. The Morgan fingerprint density at radius 2 is 1.92 bits per heavy atom.